The van der Waals surface area contributed by atoms with E-state index < -0.39 is 18.3 Å². The Morgan fingerprint density at radius 2 is 1.52 bits per heavy atom. The van der Waals surface area contributed by atoms with Gasteiger partial charge in [-0.2, -0.15) is 0 Å². The molecule has 150 valence electrons. The van der Waals surface area contributed by atoms with E-state index in [9.17, 15) is 20.1 Å². The first-order valence-corrected chi connectivity index (χ1v) is 9.19. The van der Waals surface area contributed by atoms with Gasteiger partial charge >= 0.3 is 0 Å². The first-order chi connectivity index (χ1) is 13.1. The van der Waals surface area contributed by atoms with E-state index in [1.54, 1.807) is 18.2 Å². The van der Waals surface area contributed by atoms with Crippen LogP contribution in [0, 0.1) is 0 Å². The highest BCUT2D eigenvalue weighted by Crippen LogP contribution is 2.01. The number of carbonyl (C=O) groups is 1. The normalized spacial score (nSPS) is 16.4. The van der Waals surface area contributed by atoms with E-state index in [1.807, 2.05) is 48.6 Å². The van der Waals surface area contributed by atoms with Crippen molar-refractivity contribution in [2.75, 3.05) is 6.61 Å². The van der Waals surface area contributed by atoms with Crippen molar-refractivity contribution < 1.29 is 24.9 Å². The molecule has 0 aliphatic carbocycles. The summed E-state index contributed by atoms with van der Waals surface area (Å²) in [6.07, 6.45) is 22.2. The van der Waals surface area contributed by atoms with Crippen molar-refractivity contribution in [2.45, 2.75) is 50.9 Å². The van der Waals surface area contributed by atoms with Crippen LogP contribution in [-0.2, 0) is 9.53 Å². The molecule has 5 heteroatoms. The molecule has 0 amide bonds. The SMILES string of the molecule is CCC=CC[C@H](O)C=CC=CCC=CC=CC=CC(O)[C@H](O)CCOC=O. The predicted octanol–water partition coefficient (Wildman–Crippen LogP) is 3.16. The van der Waals surface area contributed by atoms with Crippen LogP contribution in [-0.4, -0.2) is 46.7 Å². The number of hydrogen-bond acceptors (Lipinski definition) is 5. The quantitative estimate of drug-likeness (QED) is 0.177. The Morgan fingerprint density at radius 1 is 0.852 bits per heavy atom. The summed E-state index contributed by atoms with van der Waals surface area (Å²) < 4.78 is 4.47. The van der Waals surface area contributed by atoms with Gasteiger partial charge in [0, 0.05) is 6.42 Å². The second kappa shape index (κ2) is 18.6. The van der Waals surface area contributed by atoms with Crippen molar-refractivity contribution >= 4 is 6.47 Å². The van der Waals surface area contributed by atoms with Crippen LogP contribution in [0.4, 0.5) is 0 Å². The van der Waals surface area contributed by atoms with Crippen molar-refractivity contribution in [1.29, 1.82) is 0 Å². The summed E-state index contributed by atoms with van der Waals surface area (Å²) in [5.74, 6) is 0. The lowest BCUT2D eigenvalue weighted by Crippen LogP contribution is -2.25. The van der Waals surface area contributed by atoms with Crippen molar-refractivity contribution in [3.63, 3.8) is 0 Å². The van der Waals surface area contributed by atoms with E-state index in [0.29, 0.717) is 12.9 Å². The lowest BCUT2D eigenvalue weighted by Gasteiger charge is -2.13. The molecule has 0 bridgehead atoms. The zero-order valence-electron chi connectivity index (χ0n) is 15.9. The van der Waals surface area contributed by atoms with E-state index in [1.165, 1.54) is 6.08 Å². The van der Waals surface area contributed by atoms with Gasteiger partial charge in [-0.05, 0) is 19.3 Å². The zero-order chi connectivity index (χ0) is 20.2. The van der Waals surface area contributed by atoms with Crippen molar-refractivity contribution in [3.05, 3.63) is 72.9 Å². The average Bonchev–Trinajstić information content (AvgIpc) is 2.66. The van der Waals surface area contributed by atoms with Crippen molar-refractivity contribution in [1.82, 2.24) is 0 Å². The maximum atomic E-state index is 9.98. The molecule has 0 fully saturated rings. The fraction of sp³-hybridized carbons (Fsp3) is 0.409. The molecular formula is C22H32O5. The highest BCUT2D eigenvalue weighted by molar-refractivity contribution is 5.36. The Bertz CT molecular complexity index is 529. The van der Waals surface area contributed by atoms with Crippen LogP contribution in [0.1, 0.15) is 32.6 Å². The van der Waals surface area contributed by atoms with Crippen LogP contribution < -0.4 is 0 Å². The molecular weight excluding hydrogens is 344 g/mol. The number of aliphatic hydroxyl groups excluding tert-OH is 3. The molecule has 0 rings (SSSR count). The summed E-state index contributed by atoms with van der Waals surface area (Å²) >= 11 is 0. The van der Waals surface area contributed by atoms with Gasteiger partial charge in [0.15, 0.2) is 0 Å². The van der Waals surface area contributed by atoms with Crippen molar-refractivity contribution in [2.24, 2.45) is 0 Å². The molecule has 0 aromatic heterocycles. The molecule has 0 radical (unpaired) electrons. The molecule has 0 spiro atoms. The number of carbonyl (C=O) groups excluding carboxylic acids is 1. The molecule has 0 saturated carbocycles. The fourth-order valence-corrected chi connectivity index (χ4v) is 1.91. The first kappa shape index (κ1) is 24.8. The molecule has 0 aromatic rings. The molecule has 5 nitrogen and oxygen atoms in total. The van der Waals surface area contributed by atoms with E-state index in [4.69, 9.17) is 0 Å². The number of rotatable bonds is 15. The number of ether oxygens (including phenoxy) is 1. The van der Waals surface area contributed by atoms with Crippen molar-refractivity contribution in [3.8, 4) is 0 Å². The first-order valence-electron chi connectivity index (χ1n) is 9.19. The molecule has 3 N–H and O–H groups in total. The van der Waals surface area contributed by atoms with Crippen LogP contribution in [0.15, 0.2) is 72.9 Å². The highest BCUT2D eigenvalue weighted by Gasteiger charge is 2.12. The van der Waals surface area contributed by atoms with Crippen LogP contribution in [0.25, 0.3) is 0 Å². The summed E-state index contributed by atoms with van der Waals surface area (Å²) in [5, 5.41) is 28.9. The minimum Gasteiger partial charge on any atom is -0.468 e. The maximum Gasteiger partial charge on any atom is 0.293 e. The maximum absolute atomic E-state index is 9.98. The van der Waals surface area contributed by atoms with Gasteiger partial charge in [-0.25, -0.2) is 0 Å². The summed E-state index contributed by atoms with van der Waals surface area (Å²) in [5.41, 5.74) is 0. The third-order valence-electron chi connectivity index (χ3n) is 3.40. The minimum absolute atomic E-state index is 0.0751. The monoisotopic (exact) mass is 376 g/mol. The van der Waals surface area contributed by atoms with Gasteiger partial charge in [0.25, 0.3) is 6.47 Å². The van der Waals surface area contributed by atoms with Gasteiger partial charge in [0.1, 0.15) is 0 Å². The topological polar surface area (TPSA) is 87.0 Å². The fourth-order valence-electron chi connectivity index (χ4n) is 1.91. The lowest BCUT2D eigenvalue weighted by molar-refractivity contribution is -0.129. The Labute approximate surface area is 162 Å². The van der Waals surface area contributed by atoms with E-state index in [0.717, 1.165) is 12.8 Å². The summed E-state index contributed by atoms with van der Waals surface area (Å²) in [4.78, 5) is 9.98. The largest absolute Gasteiger partial charge is 0.468 e. The highest BCUT2D eigenvalue weighted by atomic mass is 16.5. The lowest BCUT2D eigenvalue weighted by atomic mass is 10.1. The van der Waals surface area contributed by atoms with Gasteiger partial charge in [-0.1, -0.05) is 79.8 Å². The van der Waals surface area contributed by atoms with Crippen LogP contribution >= 0.6 is 0 Å². The van der Waals surface area contributed by atoms with Gasteiger partial charge in [0.05, 0.1) is 24.9 Å². The molecule has 27 heavy (non-hydrogen) atoms. The third kappa shape index (κ3) is 17.0. The van der Waals surface area contributed by atoms with Crippen LogP contribution in [0.3, 0.4) is 0 Å². The number of allylic oxidation sites excluding steroid dienone is 9. The molecule has 0 heterocycles. The van der Waals surface area contributed by atoms with Gasteiger partial charge in [-0.15, -0.1) is 0 Å². The van der Waals surface area contributed by atoms with Crippen LogP contribution in [0.2, 0.25) is 0 Å². The van der Waals surface area contributed by atoms with Gasteiger partial charge < -0.3 is 20.1 Å². The minimum atomic E-state index is -1.00. The summed E-state index contributed by atoms with van der Waals surface area (Å²) in [6, 6.07) is 0. The zero-order valence-corrected chi connectivity index (χ0v) is 15.9. The predicted molar refractivity (Wildman–Crippen MR) is 109 cm³/mol. The Kier molecular flexibility index (Phi) is 17.1. The van der Waals surface area contributed by atoms with Gasteiger partial charge in [0.2, 0.25) is 0 Å². The van der Waals surface area contributed by atoms with E-state index in [2.05, 4.69) is 11.7 Å². The second-order valence-electron chi connectivity index (χ2n) is 5.74. The number of hydrogen-bond donors (Lipinski definition) is 3. The Hall–Kier alpha value is -2.21. The molecule has 0 aliphatic rings. The van der Waals surface area contributed by atoms with E-state index in [-0.39, 0.29) is 13.0 Å². The molecule has 3 atom stereocenters. The molecule has 0 saturated heterocycles. The van der Waals surface area contributed by atoms with E-state index >= 15 is 0 Å². The second-order valence-corrected chi connectivity index (χ2v) is 5.74. The Morgan fingerprint density at radius 3 is 2.22 bits per heavy atom. The summed E-state index contributed by atoms with van der Waals surface area (Å²) in [6.45, 7) is 2.45. The van der Waals surface area contributed by atoms with Crippen LogP contribution in [0.5, 0.6) is 0 Å². The molecule has 0 aromatic carbocycles. The average molecular weight is 376 g/mol. The smallest absolute Gasteiger partial charge is 0.293 e. The Balaban J connectivity index is 3.94. The summed E-state index contributed by atoms with van der Waals surface area (Å²) in [7, 11) is 0. The van der Waals surface area contributed by atoms with Gasteiger partial charge in [-0.3, -0.25) is 4.79 Å². The standard InChI is InChI=1S/C22H32O5/c1-2-3-11-14-20(24)15-12-9-7-5-4-6-8-10-13-16-21(25)22(26)17-18-27-19-23/h3-4,6-13,15-16,19-22,24-26H,2,5,14,17-18H2,1H3/t20-,21?,22+/m0/s1. The number of aliphatic hydroxyl groups is 3. The molecule has 1 unspecified atom stereocenters. The molecule has 0 aliphatic heterocycles. The third-order valence-corrected chi connectivity index (χ3v) is 3.40.